The Morgan fingerprint density at radius 1 is 1.36 bits per heavy atom. The van der Waals surface area contributed by atoms with Crippen molar-refractivity contribution in [1.29, 1.82) is 0 Å². The summed E-state index contributed by atoms with van der Waals surface area (Å²) in [7, 11) is 0. The molecule has 1 aliphatic heterocycles. The Bertz CT molecular complexity index is 668. The summed E-state index contributed by atoms with van der Waals surface area (Å²) in [5, 5.41) is 4.02. The van der Waals surface area contributed by atoms with Crippen LogP contribution in [0.15, 0.2) is 22.8 Å². The van der Waals surface area contributed by atoms with E-state index in [-0.39, 0.29) is 5.91 Å². The van der Waals surface area contributed by atoms with E-state index >= 15 is 0 Å². The fraction of sp³-hybridized carbons (Fsp3) is 0.500. The number of furan rings is 1. The van der Waals surface area contributed by atoms with Gasteiger partial charge in [-0.05, 0) is 44.2 Å². The van der Waals surface area contributed by atoms with Crippen LogP contribution in [0.4, 0.5) is 0 Å². The van der Waals surface area contributed by atoms with Gasteiger partial charge in [0.05, 0.1) is 18.8 Å². The van der Waals surface area contributed by atoms with Crippen LogP contribution in [0.5, 0.6) is 0 Å². The Labute approximate surface area is 130 Å². The van der Waals surface area contributed by atoms with E-state index < -0.39 is 0 Å². The molecule has 118 valence electrons. The minimum absolute atomic E-state index is 0.0407. The molecule has 0 radical (unpaired) electrons. The van der Waals surface area contributed by atoms with Gasteiger partial charge in [-0.1, -0.05) is 12.1 Å². The lowest BCUT2D eigenvalue weighted by atomic mass is 10.0. The smallest absolute Gasteiger partial charge is 0.224 e. The van der Waals surface area contributed by atoms with Crippen LogP contribution in [0.25, 0.3) is 11.0 Å². The summed E-state index contributed by atoms with van der Waals surface area (Å²) in [4.78, 5) is 12.1. The molecule has 1 amide bonds. The van der Waals surface area contributed by atoms with Gasteiger partial charge in [0, 0.05) is 24.1 Å². The maximum atomic E-state index is 12.1. The number of ether oxygens (including phenoxy) is 1. The number of benzene rings is 1. The van der Waals surface area contributed by atoms with Crippen molar-refractivity contribution in [3.05, 3.63) is 35.1 Å². The predicted octanol–water partition coefficient (Wildman–Crippen LogP) is 3.28. The second kappa shape index (κ2) is 6.53. The summed E-state index contributed by atoms with van der Waals surface area (Å²) >= 11 is 0. The van der Waals surface area contributed by atoms with Gasteiger partial charge < -0.3 is 14.5 Å². The molecule has 1 N–H and O–H groups in total. The first kappa shape index (κ1) is 15.1. The lowest BCUT2D eigenvalue weighted by Gasteiger charge is -2.09. The zero-order chi connectivity index (χ0) is 15.5. The van der Waals surface area contributed by atoms with Crippen LogP contribution in [0.1, 0.15) is 36.0 Å². The summed E-state index contributed by atoms with van der Waals surface area (Å²) < 4.78 is 11.2. The molecule has 22 heavy (non-hydrogen) atoms. The summed E-state index contributed by atoms with van der Waals surface area (Å²) in [6.45, 7) is 5.65. The maximum absolute atomic E-state index is 12.1. The number of hydrogen-bond donors (Lipinski definition) is 1. The lowest BCUT2D eigenvalue weighted by molar-refractivity contribution is -0.120. The minimum Gasteiger partial charge on any atom is -0.464 e. The first-order chi connectivity index (χ1) is 10.6. The molecule has 0 saturated carbocycles. The van der Waals surface area contributed by atoms with Crippen LogP contribution in [-0.4, -0.2) is 25.2 Å². The summed E-state index contributed by atoms with van der Waals surface area (Å²) in [5.74, 6) is 0.0407. The second-order valence-corrected chi connectivity index (χ2v) is 6.10. The Morgan fingerprint density at radius 2 is 2.23 bits per heavy atom. The van der Waals surface area contributed by atoms with E-state index in [1.807, 2.05) is 13.0 Å². The molecular formula is C18H23NO3. The van der Waals surface area contributed by atoms with Gasteiger partial charge in [-0.15, -0.1) is 0 Å². The molecule has 0 unspecified atom stereocenters. The number of carbonyl (C=O) groups is 1. The molecule has 2 heterocycles. The van der Waals surface area contributed by atoms with Crippen LogP contribution in [-0.2, 0) is 16.0 Å². The van der Waals surface area contributed by atoms with Crippen molar-refractivity contribution in [2.24, 2.45) is 0 Å². The van der Waals surface area contributed by atoms with E-state index in [9.17, 15) is 4.79 Å². The highest BCUT2D eigenvalue weighted by Gasteiger charge is 2.16. The fourth-order valence-corrected chi connectivity index (χ4v) is 3.01. The number of rotatable bonds is 5. The molecule has 2 aromatic rings. The average molecular weight is 301 g/mol. The zero-order valence-corrected chi connectivity index (χ0v) is 13.3. The van der Waals surface area contributed by atoms with Crippen molar-refractivity contribution in [1.82, 2.24) is 5.32 Å². The third-order valence-electron chi connectivity index (χ3n) is 4.51. The van der Waals surface area contributed by atoms with Gasteiger partial charge in [0.2, 0.25) is 5.91 Å². The summed E-state index contributed by atoms with van der Waals surface area (Å²) in [6.07, 6.45) is 5.54. The molecule has 1 aliphatic rings. The fourth-order valence-electron chi connectivity index (χ4n) is 3.01. The van der Waals surface area contributed by atoms with Gasteiger partial charge in [0.15, 0.2) is 0 Å². The van der Waals surface area contributed by atoms with E-state index in [0.29, 0.717) is 19.1 Å². The number of hydrogen-bond acceptors (Lipinski definition) is 3. The molecule has 1 aromatic heterocycles. The normalized spacial score (nSPS) is 18.0. The highest BCUT2D eigenvalue weighted by Crippen LogP contribution is 2.26. The highest BCUT2D eigenvalue weighted by molar-refractivity contribution is 5.89. The number of fused-ring (bicyclic) bond motifs is 1. The van der Waals surface area contributed by atoms with Gasteiger partial charge in [0.1, 0.15) is 5.58 Å². The number of aryl methyl sites for hydroxylation is 2. The van der Waals surface area contributed by atoms with E-state index in [0.717, 1.165) is 48.0 Å². The SMILES string of the molecule is Cc1ccc2c(CC(=O)NCC[C@H]3CCCO3)coc2c1C. The molecule has 0 spiro atoms. The van der Waals surface area contributed by atoms with Gasteiger partial charge in [0.25, 0.3) is 0 Å². The standard InChI is InChI=1S/C18H23NO3/c1-12-5-6-16-14(11-22-18(16)13(12)2)10-17(20)19-8-7-15-4-3-9-21-15/h5-6,11,15H,3-4,7-10H2,1-2H3,(H,19,20)/t15-/m1/s1. The van der Waals surface area contributed by atoms with Crippen LogP contribution in [0, 0.1) is 13.8 Å². The monoisotopic (exact) mass is 301 g/mol. The van der Waals surface area contributed by atoms with Crippen molar-refractivity contribution in [3.8, 4) is 0 Å². The van der Waals surface area contributed by atoms with Crippen LogP contribution in [0.3, 0.4) is 0 Å². The first-order valence-corrected chi connectivity index (χ1v) is 7.99. The second-order valence-electron chi connectivity index (χ2n) is 6.10. The lowest BCUT2D eigenvalue weighted by Crippen LogP contribution is -2.28. The molecule has 3 rings (SSSR count). The third-order valence-corrected chi connectivity index (χ3v) is 4.51. The van der Waals surface area contributed by atoms with Gasteiger partial charge in [-0.3, -0.25) is 4.79 Å². The van der Waals surface area contributed by atoms with Gasteiger partial charge >= 0.3 is 0 Å². The van der Waals surface area contributed by atoms with Crippen molar-refractivity contribution >= 4 is 16.9 Å². The Morgan fingerprint density at radius 3 is 3.00 bits per heavy atom. The van der Waals surface area contributed by atoms with E-state index in [4.69, 9.17) is 9.15 Å². The number of carbonyl (C=O) groups excluding carboxylic acids is 1. The zero-order valence-electron chi connectivity index (χ0n) is 13.3. The molecular weight excluding hydrogens is 278 g/mol. The molecule has 1 fully saturated rings. The molecule has 4 nitrogen and oxygen atoms in total. The first-order valence-electron chi connectivity index (χ1n) is 7.99. The van der Waals surface area contributed by atoms with Crippen LogP contribution < -0.4 is 5.32 Å². The van der Waals surface area contributed by atoms with Crippen molar-refractivity contribution in [2.45, 2.75) is 45.6 Å². The predicted molar refractivity (Wildman–Crippen MR) is 86.0 cm³/mol. The van der Waals surface area contributed by atoms with Crippen molar-refractivity contribution in [3.63, 3.8) is 0 Å². The molecule has 1 aromatic carbocycles. The number of nitrogens with one attached hydrogen (secondary N) is 1. The summed E-state index contributed by atoms with van der Waals surface area (Å²) in [6, 6.07) is 4.11. The van der Waals surface area contributed by atoms with Crippen LogP contribution in [0.2, 0.25) is 0 Å². The minimum atomic E-state index is 0.0407. The Balaban J connectivity index is 1.58. The van der Waals surface area contributed by atoms with Crippen LogP contribution >= 0.6 is 0 Å². The van der Waals surface area contributed by atoms with Crippen molar-refractivity contribution < 1.29 is 13.9 Å². The van der Waals surface area contributed by atoms with E-state index in [1.165, 1.54) is 5.56 Å². The topological polar surface area (TPSA) is 51.5 Å². The molecule has 0 bridgehead atoms. The third kappa shape index (κ3) is 3.17. The molecule has 0 aliphatic carbocycles. The molecule has 4 heteroatoms. The highest BCUT2D eigenvalue weighted by atomic mass is 16.5. The maximum Gasteiger partial charge on any atom is 0.224 e. The Kier molecular flexibility index (Phi) is 4.48. The largest absolute Gasteiger partial charge is 0.464 e. The average Bonchev–Trinajstić information content (AvgIpc) is 3.13. The van der Waals surface area contributed by atoms with Gasteiger partial charge in [-0.2, -0.15) is 0 Å². The van der Waals surface area contributed by atoms with Crippen molar-refractivity contribution in [2.75, 3.05) is 13.2 Å². The molecule has 1 saturated heterocycles. The quantitative estimate of drug-likeness (QED) is 0.922. The van der Waals surface area contributed by atoms with E-state index in [1.54, 1.807) is 6.26 Å². The van der Waals surface area contributed by atoms with E-state index in [2.05, 4.69) is 18.3 Å². The Hall–Kier alpha value is -1.81. The van der Waals surface area contributed by atoms with Gasteiger partial charge in [-0.25, -0.2) is 0 Å². The summed E-state index contributed by atoms with van der Waals surface area (Å²) in [5.41, 5.74) is 4.19. The molecule has 1 atom stereocenters. The number of amides is 1.